The third-order valence-corrected chi connectivity index (χ3v) is 3.91. The van der Waals surface area contributed by atoms with E-state index in [4.69, 9.17) is 0 Å². The number of pyridine rings is 1. The number of hydrogen-bond acceptors (Lipinski definition) is 3. The number of carbonyl (C=O) groups excluding carboxylic acids is 1. The van der Waals surface area contributed by atoms with Gasteiger partial charge in [0.2, 0.25) is 5.91 Å². The van der Waals surface area contributed by atoms with E-state index >= 15 is 0 Å². The second kappa shape index (κ2) is 9.29. The molecule has 4 nitrogen and oxygen atoms in total. The zero-order valence-electron chi connectivity index (χ0n) is 12.6. The smallest absolute Gasteiger partial charge is 0.243 e. The van der Waals surface area contributed by atoms with Crippen LogP contribution in [0.15, 0.2) is 30.6 Å². The van der Waals surface area contributed by atoms with E-state index in [9.17, 15) is 4.79 Å². The third kappa shape index (κ3) is 6.54. The molecule has 0 unspecified atom stereocenters. The molecule has 2 N–H and O–H groups in total. The van der Waals surface area contributed by atoms with Crippen LogP contribution in [-0.4, -0.2) is 30.5 Å². The number of unbranched alkanes of at least 4 members (excludes halogenated alkanes) is 1. The van der Waals surface area contributed by atoms with Gasteiger partial charge in [0.05, 0.1) is 0 Å². The molecule has 0 radical (unpaired) electrons. The number of nitrogens with one attached hydrogen (secondary N) is 2. The molecule has 2 heterocycles. The number of carbonyl (C=O) groups is 1. The van der Waals surface area contributed by atoms with Crippen LogP contribution in [0.4, 0.5) is 0 Å². The average molecular weight is 287 g/mol. The first-order valence-corrected chi connectivity index (χ1v) is 7.91. The van der Waals surface area contributed by atoms with E-state index < -0.39 is 0 Å². The third-order valence-electron chi connectivity index (χ3n) is 3.91. The molecule has 0 aromatic carbocycles. The zero-order valence-corrected chi connectivity index (χ0v) is 12.6. The Bertz CT molecular complexity index is 439. The van der Waals surface area contributed by atoms with Crippen LogP contribution < -0.4 is 10.6 Å². The maximum absolute atomic E-state index is 11.7. The molecule has 0 aliphatic carbocycles. The van der Waals surface area contributed by atoms with Gasteiger partial charge in [-0.25, -0.2) is 0 Å². The number of rotatable bonds is 7. The van der Waals surface area contributed by atoms with Crippen LogP contribution >= 0.6 is 0 Å². The Morgan fingerprint density at radius 1 is 1.38 bits per heavy atom. The second-order valence-electron chi connectivity index (χ2n) is 5.60. The van der Waals surface area contributed by atoms with Crippen LogP contribution in [0.5, 0.6) is 0 Å². The topological polar surface area (TPSA) is 54.0 Å². The minimum Gasteiger partial charge on any atom is -0.353 e. The van der Waals surface area contributed by atoms with Crippen LogP contribution in [-0.2, 0) is 4.79 Å². The SMILES string of the molecule is O=C(/C=C\c1cccnc1)NCCCCC1CCNCC1. The first-order chi connectivity index (χ1) is 10.3. The van der Waals surface area contributed by atoms with Gasteiger partial charge in [-0.15, -0.1) is 0 Å². The molecule has 21 heavy (non-hydrogen) atoms. The van der Waals surface area contributed by atoms with E-state index in [1.807, 2.05) is 12.1 Å². The Kier molecular flexibility index (Phi) is 6.95. The van der Waals surface area contributed by atoms with Crippen LogP contribution in [0.1, 0.15) is 37.7 Å². The molecule has 1 fully saturated rings. The summed E-state index contributed by atoms with van der Waals surface area (Å²) in [6.07, 6.45) is 13.0. The molecule has 2 rings (SSSR count). The van der Waals surface area contributed by atoms with Gasteiger partial charge in [-0.2, -0.15) is 0 Å². The molecule has 1 aliphatic rings. The molecule has 114 valence electrons. The summed E-state index contributed by atoms with van der Waals surface area (Å²) in [6.45, 7) is 3.10. The molecule has 1 amide bonds. The highest BCUT2D eigenvalue weighted by atomic mass is 16.1. The molecule has 1 aliphatic heterocycles. The van der Waals surface area contributed by atoms with Crippen molar-refractivity contribution in [2.75, 3.05) is 19.6 Å². The lowest BCUT2D eigenvalue weighted by molar-refractivity contribution is -0.116. The van der Waals surface area contributed by atoms with Gasteiger partial charge in [0.25, 0.3) is 0 Å². The Balaban J connectivity index is 1.54. The second-order valence-corrected chi connectivity index (χ2v) is 5.60. The van der Waals surface area contributed by atoms with Gasteiger partial charge in [-0.3, -0.25) is 9.78 Å². The highest BCUT2D eigenvalue weighted by molar-refractivity contribution is 5.91. The summed E-state index contributed by atoms with van der Waals surface area (Å²) < 4.78 is 0. The van der Waals surface area contributed by atoms with E-state index in [0.717, 1.165) is 24.4 Å². The fourth-order valence-corrected chi connectivity index (χ4v) is 2.65. The van der Waals surface area contributed by atoms with E-state index in [-0.39, 0.29) is 5.91 Å². The molecule has 0 saturated carbocycles. The van der Waals surface area contributed by atoms with Crippen molar-refractivity contribution in [3.63, 3.8) is 0 Å². The van der Waals surface area contributed by atoms with E-state index in [1.165, 1.54) is 38.8 Å². The van der Waals surface area contributed by atoms with Crippen molar-refractivity contribution in [1.82, 2.24) is 15.6 Å². The lowest BCUT2D eigenvalue weighted by Gasteiger charge is -2.22. The summed E-state index contributed by atoms with van der Waals surface area (Å²) in [5, 5.41) is 6.32. The predicted molar refractivity (Wildman–Crippen MR) is 85.7 cm³/mol. The van der Waals surface area contributed by atoms with Crippen molar-refractivity contribution in [2.24, 2.45) is 5.92 Å². The Morgan fingerprint density at radius 2 is 2.24 bits per heavy atom. The molecular weight excluding hydrogens is 262 g/mol. The minimum atomic E-state index is -0.0271. The Labute approximate surface area is 127 Å². The summed E-state index contributed by atoms with van der Waals surface area (Å²) in [4.78, 5) is 15.7. The summed E-state index contributed by atoms with van der Waals surface area (Å²) in [5.41, 5.74) is 0.943. The van der Waals surface area contributed by atoms with Gasteiger partial charge in [0.1, 0.15) is 0 Å². The largest absolute Gasteiger partial charge is 0.353 e. The van der Waals surface area contributed by atoms with Crippen LogP contribution in [0.3, 0.4) is 0 Å². The van der Waals surface area contributed by atoms with E-state index in [2.05, 4.69) is 15.6 Å². The molecular formula is C17H25N3O. The van der Waals surface area contributed by atoms with E-state index in [1.54, 1.807) is 24.5 Å². The highest BCUT2D eigenvalue weighted by Crippen LogP contribution is 2.18. The van der Waals surface area contributed by atoms with Gasteiger partial charge in [0.15, 0.2) is 0 Å². The average Bonchev–Trinajstić information content (AvgIpc) is 2.54. The first kappa shape index (κ1) is 15.7. The van der Waals surface area contributed by atoms with Gasteiger partial charge >= 0.3 is 0 Å². The molecule has 0 bridgehead atoms. The van der Waals surface area contributed by atoms with Gasteiger partial charge in [-0.05, 0) is 56.0 Å². The molecule has 0 spiro atoms. The Hall–Kier alpha value is -1.68. The number of hydrogen-bond donors (Lipinski definition) is 2. The molecule has 1 saturated heterocycles. The van der Waals surface area contributed by atoms with Crippen molar-refractivity contribution in [3.05, 3.63) is 36.2 Å². The summed E-state index contributed by atoms with van der Waals surface area (Å²) in [6, 6.07) is 3.79. The lowest BCUT2D eigenvalue weighted by Crippen LogP contribution is -2.28. The monoisotopic (exact) mass is 287 g/mol. The molecule has 1 aromatic heterocycles. The fourth-order valence-electron chi connectivity index (χ4n) is 2.65. The quantitative estimate of drug-likeness (QED) is 0.598. The highest BCUT2D eigenvalue weighted by Gasteiger charge is 2.11. The van der Waals surface area contributed by atoms with Crippen molar-refractivity contribution in [1.29, 1.82) is 0 Å². The maximum Gasteiger partial charge on any atom is 0.243 e. The fraction of sp³-hybridized carbons (Fsp3) is 0.529. The number of amides is 1. The van der Waals surface area contributed by atoms with Crippen molar-refractivity contribution < 1.29 is 4.79 Å². The van der Waals surface area contributed by atoms with Crippen molar-refractivity contribution >= 4 is 12.0 Å². The van der Waals surface area contributed by atoms with E-state index in [0.29, 0.717) is 0 Å². The summed E-state index contributed by atoms with van der Waals surface area (Å²) >= 11 is 0. The zero-order chi connectivity index (χ0) is 14.8. The Morgan fingerprint density at radius 3 is 3.00 bits per heavy atom. The standard InChI is InChI=1S/C17H25N3O/c21-17(7-6-16-5-3-10-19-14-16)20-11-2-1-4-15-8-12-18-13-9-15/h3,5-7,10,14-15,18H,1-2,4,8-9,11-13H2,(H,20,21)/b7-6-. The number of piperidine rings is 1. The summed E-state index contributed by atoms with van der Waals surface area (Å²) in [7, 11) is 0. The molecule has 1 aromatic rings. The van der Waals surface area contributed by atoms with Gasteiger partial charge < -0.3 is 10.6 Å². The predicted octanol–water partition coefficient (Wildman–Crippen LogP) is 2.38. The van der Waals surface area contributed by atoms with Crippen LogP contribution in [0.2, 0.25) is 0 Å². The van der Waals surface area contributed by atoms with Crippen LogP contribution in [0.25, 0.3) is 6.08 Å². The normalized spacial score (nSPS) is 16.2. The summed E-state index contributed by atoms with van der Waals surface area (Å²) in [5.74, 6) is 0.855. The van der Waals surface area contributed by atoms with Crippen molar-refractivity contribution in [2.45, 2.75) is 32.1 Å². The maximum atomic E-state index is 11.7. The van der Waals surface area contributed by atoms with Crippen LogP contribution in [0, 0.1) is 5.92 Å². The lowest BCUT2D eigenvalue weighted by atomic mass is 9.92. The first-order valence-electron chi connectivity index (χ1n) is 7.91. The van der Waals surface area contributed by atoms with Gasteiger partial charge in [0, 0.05) is 25.0 Å². The minimum absolute atomic E-state index is 0.0271. The number of aromatic nitrogens is 1. The molecule has 0 atom stereocenters. The molecule has 4 heteroatoms. The number of nitrogens with zero attached hydrogens (tertiary/aromatic N) is 1. The van der Waals surface area contributed by atoms with Gasteiger partial charge in [-0.1, -0.05) is 18.9 Å². The van der Waals surface area contributed by atoms with Crippen molar-refractivity contribution in [3.8, 4) is 0 Å².